The van der Waals surface area contributed by atoms with Crippen molar-refractivity contribution < 1.29 is 14.7 Å². The molecule has 1 heterocycles. The summed E-state index contributed by atoms with van der Waals surface area (Å²) in [7, 11) is 0. The number of hydrogen-bond acceptors (Lipinski definition) is 4. The van der Waals surface area contributed by atoms with Crippen LogP contribution < -0.4 is 5.73 Å². The second-order valence-corrected chi connectivity index (χ2v) is 4.58. The normalized spacial score (nSPS) is 20.1. The molecule has 1 rings (SSSR count). The lowest BCUT2D eigenvalue weighted by atomic mass is 10.1. The standard InChI is InChI=1S/C12H23N3O3/c1-2-7-15(9-11(13)14-17)12(16)6-5-10-4-3-8-18-10/h10,17H,2-9H2,1H3,(H2,13,14). The molecule has 18 heavy (non-hydrogen) atoms. The Labute approximate surface area is 108 Å². The largest absolute Gasteiger partial charge is 0.409 e. The summed E-state index contributed by atoms with van der Waals surface area (Å²) in [5.74, 6) is 0.105. The van der Waals surface area contributed by atoms with Gasteiger partial charge in [-0.1, -0.05) is 12.1 Å². The third-order valence-corrected chi connectivity index (χ3v) is 3.03. The van der Waals surface area contributed by atoms with Crippen molar-refractivity contribution >= 4 is 11.7 Å². The summed E-state index contributed by atoms with van der Waals surface area (Å²) in [4.78, 5) is 13.6. The van der Waals surface area contributed by atoms with Crippen LogP contribution in [0.15, 0.2) is 5.16 Å². The highest BCUT2D eigenvalue weighted by Gasteiger charge is 2.19. The summed E-state index contributed by atoms with van der Waals surface area (Å²) in [6.07, 6.45) is 4.42. The predicted molar refractivity (Wildman–Crippen MR) is 68.5 cm³/mol. The molecule has 1 saturated heterocycles. The molecular formula is C12H23N3O3. The van der Waals surface area contributed by atoms with Gasteiger partial charge in [-0.05, 0) is 25.7 Å². The van der Waals surface area contributed by atoms with E-state index in [1.54, 1.807) is 4.90 Å². The maximum absolute atomic E-state index is 12.0. The number of nitrogens with two attached hydrogens (primary N) is 1. The Bertz CT molecular complexity index is 288. The number of amides is 1. The van der Waals surface area contributed by atoms with Crippen molar-refractivity contribution in [3.63, 3.8) is 0 Å². The molecule has 6 nitrogen and oxygen atoms in total. The summed E-state index contributed by atoms with van der Waals surface area (Å²) in [6, 6.07) is 0. The van der Waals surface area contributed by atoms with E-state index in [4.69, 9.17) is 15.7 Å². The molecule has 1 aliphatic rings. The molecule has 104 valence electrons. The second kappa shape index (κ2) is 7.92. The first-order valence-corrected chi connectivity index (χ1v) is 6.53. The van der Waals surface area contributed by atoms with Crippen molar-refractivity contribution in [3.8, 4) is 0 Å². The average Bonchev–Trinajstić information content (AvgIpc) is 2.88. The van der Waals surface area contributed by atoms with Crippen molar-refractivity contribution in [1.82, 2.24) is 4.90 Å². The van der Waals surface area contributed by atoms with Crippen molar-refractivity contribution in [2.45, 2.75) is 45.1 Å². The van der Waals surface area contributed by atoms with Gasteiger partial charge in [-0.25, -0.2) is 0 Å². The van der Waals surface area contributed by atoms with Gasteiger partial charge in [-0.3, -0.25) is 4.79 Å². The second-order valence-electron chi connectivity index (χ2n) is 4.58. The van der Waals surface area contributed by atoms with Crippen LogP contribution in [-0.4, -0.2) is 47.7 Å². The minimum absolute atomic E-state index is 0.0407. The third kappa shape index (κ3) is 4.91. The van der Waals surface area contributed by atoms with Gasteiger partial charge < -0.3 is 20.6 Å². The SMILES string of the molecule is CCCN(CC(N)=NO)C(=O)CCC1CCCO1. The minimum Gasteiger partial charge on any atom is -0.409 e. The zero-order valence-electron chi connectivity index (χ0n) is 11.0. The topological polar surface area (TPSA) is 88.1 Å². The molecule has 0 spiro atoms. The summed E-state index contributed by atoms with van der Waals surface area (Å²) in [5, 5.41) is 11.4. The Morgan fingerprint density at radius 3 is 2.94 bits per heavy atom. The molecule has 0 radical (unpaired) electrons. The number of ether oxygens (including phenoxy) is 1. The van der Waals surface area contributed by atoms with E-state index in [0.717, 1.165) is 32.3 Å². The zero-order chi connectivity index (χ0) is 13.4. The summed E-state index contributed by atoms with van der Waals surface area (Å²) in [5.41, 5.74) is 5.44. The average molecular weight is 257 g/mol. The molecule has 6 heteroatoms. The van der Waals surface area contributed by atoms with E-state index in [9.17, 15) is 4.79 Å². The van der Waals surface area contributed by atoms with E-state index in [2.05, 4.69) is 5.16 Å². The first-order chi connectivity index (χ1) is 8.67. The van der Waals surface area contributed by atoms with Crippen LogP contribution in [-0.2, 0) is 9.53 Å². The molecule has 1 amide bonds. The maximum Gasteiger partial charge on any atom is 0.223 e. The van der Waals surface area contributed by atoms with E-state index in [1.165, 1.54) is 0 Å². The van der Waals surface area contributed by atoms with E-state index < -0.39 is 0 Å². The van der Waals surface area contributed by atoms with Gasteiger partial charge in [-0.15, -0.1) is 0 Å². The fourth-order valence-corrected chi connectivity index (χ4v) is 2.10. The minimum atomic E-state index is 0.0407. The Morgan fingerprint density at radius 2 is 2.39 bits per heavy atom. The number of nitrogens with zero attached hydrogens (tertiary/aromatic N) is 2. The van der Waals surface area contributed by atoms with Crippen LogP contribution in [0.3, 0.4) is 0 Å². The molecule has 3 N–H and O–H groups in total. The van der Waals surface area contributed by atoms with Gasteiger partial charge in [0.1, 0.15) is 0 Å². The highest BCUT2D eigenvalue weighted by Crippen LogP contribution is 2.17. The van der Waals surface area contributed by atoms with Crippen LogP contribution >= 0.6 is 0 Å². The van der Waals surface area contributed by atoms with Crippen molar-refractivity contribution in [2.75, 3.05) is 19.7 Å². The Hall–Kier alpha value is -1.30. The van der Waals surface area contributed by atoms with Crippen molar-refractivity contribution in [3.05, 3.63) is 0 Å². The Morgan fingerprint density at radius 1 is 1.61 bits per heavy atom. The van der Waals surface area contributed by atoms with Crippen LogP contribution in [0.4, 0.5) is 0 Å². The molecule has 0 aromatic carbocycles. The molecule has 0 bridgehead atoms. The van der Waals surface area contributed by atoms with Gasteiger partial charge in [0.25, 0.3) is 0 Å². The number of hydrogen-bond donors (Lipinski definition) is 2. The van der Waals surface area contributed by atoms with Crippen LogP contribution in [0.2, 0.25) is 0 Å². The molecular weight excluding hydrogens is 234 g/mol. The van der Waals surface area contributed by atoms with Gasteiger partial charge >= 0.3 is 0 Å². The fourth-order valence-electron chi connectivity index (χ4n) is 2.10. The molecule has 0 aromatic heterocycles. The van der Waals surface area contributed by atoms with E-state index in [0.29, 0.717) is 13.0 Å². The van der Waals surface area contributed by atoms with Crippen LogP contribution in [0.5, 0.6) is 0 Å². The smallest absolute Gasteiger partial charge is 0.223 e. The third-order valence-electron chi connectivity index (χ3n) is 3.03. The molecule has 1 unspecified atom stereocenters. The highest BCUT2D eigenvalue weighted by molar-refractivity contribution is 5.86. The molecule has 1 atom stereocenters. The van der Waals surface area contributed by atoms with E-state index in [-0.39, 0.29) is 24.4 Å². The molecule has 0 aromatic rings. The molecule has 0 saturated carbocycles. The lowest BCUT2D eigenvalue weighted by molar-refractivity contribution is -0.131. The van der Waals surface area contributed by atoms with Crippen LogP contribution in [0.25, 0.3) is 0 Å². The number of oxime groups is 1. The van der Waals surface area contributed by atoms with Gasteiger partial charge in [0.15, 0.2) is 5.84 Å². The first-order valence-electron chi connectivity index (χ1n) is 6.53. The summed E-state index contributed by atoms with van der Waals surface area (Å²) >= 11 is 0. The quantitative estimate of drug-likeness (QED) is 0.307. The predicted octanol–water partition coefficient (Wildman–Crippen LogP) is 0.931. The van der Waals surface area contributed by atoms with Crippen LogP contribution in [0.1, 0.15) is 39.0 Å². The number of rotatable bonds is 7. The maximum atomic E-state index is 12.0. The highest BCUT2D eigenvalue weighted by atomic mass is 16.5. The zero-order valence-corrected chi connectivity index (χ0v) is 11.0. The van der Waals surface area contributed by atoms with Gasteiger partial charge in [0.2, 0.25) is 5.91 Å². The molecule has 1 fully saturated rings. The van der Waals surface area contributed by atoms with Gasteiger partial charge in [0, 0.05) is 19.6 Å². The monoisotopic (exact) mass is 257 g/mol. The van der Waals surface area contributed by atoms with Gasteiger partial charge in [0.05, 0.1) is 12.6 Å². The van der Waals surface area contributed by atoms with Gasteiger partial charge in [-0.2, -0.15) is 0 Å². The first kappa shape index (κ1) is 14.8. The molecule has 1 aliphatic heterocycles. The van der Waals surface area contributed by atoms with E-state index >= 15 is 0 Å². The number of carbonyl (C=O) groups excluding carboxylic acids is 1. The Balaban J connectivity index is 2.37. The fraction of sp³-hybridized carbons (Fsp3) is 0.833. The molecule has 0 aliphatic carbocycles. The number of amidine groups is 1. The van der Waals surface area contributed by atoms with Crippen LogP contribution in [0, 0.1) is 0 Å². The lowest BCUT2D eigenvalue weighted by Crippen LogP contribution is -2.39. The number of carbonyl (C=O) groups is 1. The Kier molecular flexibility index (Phi) is 6.49. The summed E-state index contributed by atoms with van der Waals surface area (Å²) in [6.45, 7) is 3.61. The van der Waals surface area contributed by atoms with E-state index in [1.807, 2.05) is 6.92 Å². The summed E-state index contributed by atoms with van der Waals surface area (Å²) < 4.78 is 5.49. The lowest BCUT2D eigenvalue weighted by Gasteiger charge is -2.22. The van der Waals surface area contributed by atoms with Crippen molar-refractivity contribution in [2.24, 2.45) is 10.9 Å². The van der Waals surface area contributed by atoms with Crippen molar-refractivity contribution in [1.29, 1.82) is 0 Å².